The maximum Gasteiger partial charge on any atom is 0.257 e. The number of carbonyl (C=O) groups excluding carboxylic acids is 1. The van der Waals surface area contributed by atoms with Crippen molar-refractivity contribution in [2.45, 2.75) is 25.6 Å². The van der Waals surface area contributed by atoms with Crippen LogP contribution in [0.1, 0.15) is 28.8 Å². The molecule has 1 aromatic rings. The lowest BCUT2D eigenvalue weighted by atomic mass is 10.0. The van der Waals surface area contributed by atoms with E-state index in [1.807, 2.05) is 30.0 Å². The minimum absolute atomic E-state index is 0.0170. The number of piperidine rings is 1. The molecular formula is C16H21NO4. The van der Waals surface area contributed by atoms with E-state index in [0.717, 1.165) is 18.4 Å². The standard InChI is InChI=1S/C16H21NO4/c1-12-3-4-14(19-2)13(11-12)15(18)17-7-5-16(6-8-17)20-9-10-21-16/h3-4,11H,5-10H2,1-2H3. The van der Waals surface area contributed by atoms with Crippen molar-refractivity contribution in [1.82, 2.24) is 4.90 Å². The number of likely N-dealkylation sites (tertiary alicyclic amines) is 1. The Labute approximate surface area is 124 Å². The third kappa shape index (κ3) is 2.76. The lowest BCUT2D eigenvalue weighted by molar-refractivity contribution is -0.181. The fourth-order valence-electron chi connectivity index (χ4n) is 3.00. The highest BCUT2D eigenvalue weighted by Gasteiger charge is 2.41. The van der Waals surface area contributed by atoms with Gasteiger partial charge in [0.2, 0.25) is 0 Å². The summed E-state index contributed by atoms with van der Waals surface area (Å²) in [6, 6.07) is 5.67. The van der Waals surface area contributed by atoms with Crippen LogP contribution < -0.4 is 4.74 Å². The molecule has 114 valence electrons. The molecular weight excluding hydrogens is 270 g/mol. The zero-order valence-corrected chi connectivity index (χ0v) is 12.6. The van der Waals surface area contributed by atoms with Gasteiger partial charge in [0.15, 0.2) is 5.79 Å². The third-order valence-electron chi connectivity index (χ3n) is 4.21. The van der Waals surface area contributed by atoms with Gasteiger partial charge < -0.3 is 19.1 Å². The van der Waals surface area contributed by atoms with Gasteiger partial charge in [0.1, 0.15) is 5.75 Å². The Morgan fingerprint density at radius 3 is 2.52 bits per heavy atom. The van der Waals surface area contributed by atoms with Crippen molar-refractivity contribution in [2.24, 2.45) is 0 Å². The van der Waals surface area contributed by atoms with Crippen LogP contribution in [0, 0.1) is 6.92 Å². The molecule has 21 heavy (non-hydrogen) atoms. The number of benzene rings is 1. The highest BCUT2D eigenvalue weighted by atomic mass is 16.7. The Morgan fingerprint density at radius 2 is 1.90 bits per heavy atom. The van der Waals surface area contributed by atoms with E-state index in [-0.39, 0.29) is 5.91 Å². The van der Waals surface area contributed by atoms with Crippen LogP contribution in [0.2, 0.25) is 0 Å². The van der Waals surface area contributed by atoms with E-state index in [2.05, 4.69) is 0 Å². The Hall–Kier alpha value is -1.59. The average Bonchev–Trinajstić information content (AvgIpc) is 2.95. The zero-order chi connectivity index (χ0) is 14.9. The van der Waals surface area contributed by atoms with Crippen LogP contribution in [0.25, 0.3) is 0 Å². The average molecular weight is 291 g/mol. The second-order valence-corrected chi connectivity index (χ2v) is 5.60. The summed E-state index contributed by atoms with van der Waals surface area (Å²) in [7, 11) is 1.59. The number of methoxy groups -OCH3 is 1. The maximum atomic E-state index is 12.7. The van der Waals surface area contributed by atoms with Gasteiger partial charge >= 0.3 is 0 Å². The molecule has 3 rings (SSSR count). The fourth-order valence-corrected chi connectivity index (χ4v) is 3.00. The van der Waals surface area contributed by atoms with E-state index in [4.69, 9.17) is 14.2 Å². The van der Waals surface area contributed by atoms with Crippen LogP contribution in [-0.4, -0.2) is 50.0 Å². The van der Waals surface area contributed by atoms with Crippen LogP contribution in [-0.2, 0) is 9.47 Å². The summed E-state index contributed by atoms with van der Waals surface area (Å²) >= 11 is 0. The number of ether oxygens (including phenoxy) is 3. The van der Waals surface area contributed by atoms with Crippen LogP contribution in [0.5, 0.6) is 5.75 Å². The highest BCUT2D eigenvalue weighted by molar-refractivity contribution is 5.97. The molecule has 0 saturated carbocycles. The summed E-state index contributed by atoms with van der Waals surface area (Å²) in [5.41, 5.74) is 1.68. The van der Waals surface area contributed by atoms with E-state index >= 15 is 0 Å². The molecule has 0 aliphatic carbocycles. The molecule has 1 amide bonds. The van der Waals surface area contributed by atoms with Crippen molar-refractivity contribution >= 4 is 5.91 Å². The van der Waals surface area contributed by atoms with Crippen molar-refractivity contribution in [1.29, 1.82) is 0 Å². The predicted octanol–water partition coefficient (Wildman–Crippen LogP) is 1.98. The van der Waals surface area contributed by atoms with Gasteiger partial charge in [-0.15, -0.1) is 0 Å². The number of hydrogen-bond donors (Lipinski definition) is 0. The van der Waals surface area contributed by atoms with E-state index in [1.54, 1.807) is 7.11 Å². The number of aryl methyl sites for hydroxylation is 1. The first-order valence-corrected chi connectivity index (χ1v) is 7.35. The van der Waals surface area contributed by atoms with Crippen LogP contribution in [0.15, 0.2) is 18.2 Å². The quantitative estimate of drug-likeness (QED) is 0.836. The van der Waals surface area contributed by atoms with Gasteiger partial charge in [-0.2, -0.15) is 0 Å². The van der Waals surface area contributed by atoms with Crippen molar-refractivity contribution in [2.75, 3.05) is 33.4 Å². The van der Waals surface area contributed by atoms with Gasteiger partial charge in [0, 0.05) is 25.9 Å². The van der Waals surface area contributed by atoms with E-state index in [1.165, 1.54) is 0 Å². The molecule has 2 saturated heterocycles. The Balaban J connectivity index is 1.73. The van der Waals surface area contributed by atoms with Crippen molar-refractivity contribution in [3.05, 3.63) is 29.3 Å². The smallest absolute Gasteiger partial charge is 0.257 e. The van der Waals surface area contributed by atoms with Gasteiger partial charge in [0.05, 0.1) is 25.9 Å². The first-order chi connectivity index (χ1) is 10.1. The Morgan fingerprint density at radius 1 is 1.24 bits per heavy atom. The molecule has 5 nitrogen and oxygen atoms in total. The molecule has 0 atom stereocenters. The highest BCUT2D eigenvalue weighted by Crippen LogP contribution is 2.32. The topological polar surface area (TPSA) is 48.0 Å². The first-order valence-electron chi connectivity index (χ1n) is 7.35. The van der Waals surface area contributed by atoms with Gasteiger partial charge in [-0.05, 0) is 19.1 Å². The molecule has 1 aromatic carbocycles. The third-order valence-corrected chi connectivity index (χ3v) is 4.21. The number of nitrogens with zero attached hydrogens (tertiary/aromatic N) is 1. The minimum Gasteiger partial charge on any atom is -0.496 e. The molecule has 0 unspecified atom stereocenters. The monoisotopic (exact) mass is 291 g/mol. The fraction of sp³-hybridized carbons (Fsp3) is 0.562. The summed E-state index contributed by atoms with van der Waals surface area (Å²) in [5, 5.41) is 0. The Bertz CT molecular complexity index is 527. The van der Waals surface area contributed by atoms with Crippen molar-refractivity contribution in [3.63, 3.8) is 0 Å². The number of carbonyl (C=O) groups is 1. The summed E-state index contributed by atoms with van der Waals surface area (Å²) < 4.78 is 16.7. The number of hydrogen-bond acceptors (Lipinski definition) is 4. The van der Waals surface area contributed by atoms with Crippen molar-refractivity contribution in [3.8, 4) is 5.75 Å². The molecule has 2 aliphatic heterocycles. The van der Waals surface area contributed by atoms with E-state index in [0.29, 0.717) is 37.6 Å². The summed E-state index contributed by atoms with van der Waals surface area (Å²) in [6.45, 7) is 4.58. The van der Waals surface area contributed by atoms with E-state index in [9.17, 15) is 4.79 Å². The second-order valence-electron chi connectivity index (χ2n) is 5.60. The molecule has 0 bridgehead atoms. The van der Waals surface area contributed by atoms with E-state index < -0.39 is 5.79 Å². The van der Waals surface area contributed by atoms with Gasteiger partial charge in [-0.1, -0.05) is 11.6 Å². The number of rotatable bonds is 2. The van der Waals surface area contributed by atoms with Gasteiger partial charge in [-0.25, -0.2) is 0 Å². The van der Waals surface area contributed by atoms with Crippen LogP contribution >= 0.6 is 0 Å². The van der Waals surface area contributed by atoms with Gasteiger partial charge in [-0.3, -0.25) is 4.79 Å². The molecule has 2 aliphatic rings. The SMILES string of the molecule is COc1ccc(C)cc1C(=O)N1CCC2(CC1)OCCO2. The molecule has 0 aromatic heterocycles. The molecule has 0 radical (unpaired) electrons. The van der Waals surface area contributed by atoms with Crippen molar-refractivity contribution < 1.29 is 19.0 Å². The lowest BCUT2D eigenvalue weighted by Crippen LogP contribution is -2.47. The summed E-state index contributed by atoms with van der Waals surface area (Å²) in [6.07, 6.45) is 1.46. The largest absolute Gasteiger partial charge is 0.496 e. The molecule has 1 spiro atoms. The number of amides is 1. The molecule has 2 fully saturated rings. The lowest BCUT2D eigenvalue weighted by Gasteiger charge is -2.37. The molecule has 2 heterocycles. The van der Waals surface area contributed by atoms with Crippen LogP contribution in [0.3, 0.4) is 0 Å². The molecule has 0 N–H and O–H groups in total. The summed E-state index contributed by atoms with van der Waals surface area (Å²) in [4.78, 5) is 14.6. The first kappa shape index (κ1) is 14.4. The zero-order valence-electron chi connectivity index (χ0n) is 12.6. The normalized spacial score (nSPS) is 20.8. The Kier molecular flexibility index (Phi) is 3.87. The van der Waals surface area contributed by atoms with Crippen LogP contribution in [0.4, 0.5) is 0 Å². The maximum absolute atomic E-state index is 12.7. The molecule has 5 heteroatoms. The summed E-state index contributed by atoms with van der Waals surface area (Å²) in [5.74, 6) is 0.190. The predicted molar refractivity (Wildman–Crippen MR) is 77.5 cm³/mol. The minimum atomic E-state index is -0.451. The second kappa shape index (κ2) is 5.66. The van der Waals surface area contributed by atoms with Gasteiger partial charge in [0.25, 0.3) is 5.91 Å².